The maximum absolute atomic E-state index is 13.1. The smallest absolute Gasteiger partial charge is 0.266 e. The molecule has 1 aromatic carbocycles. The molecule has 3 aromatic rings. The second-order valence-electron chi connectivity index (χ2n) is 4.11. The Kier molecular flexibility index (Phi) is 3.50. The molecular formula is C14H8BrFN2OS. The third kappa shape index (κ3) is 2.71. The van der Waals surface area contributed by atoms with Crippen molar-refractivity contribution in [3.8, 4) is 0 Å². The van der Waals surface area contributed by atoms with Gasteiger partial charge in [0.25, 0.3) is 5.91 Å². The van der Waals surface area contributed by atoms with Gasteiger partial charge >= 0.3 is 0 Å². The quantitative estimate of drug-likeness (QED) is 0.741. The van der Waals surface area contributed by atoms with Crippen LogP contribution in [0.2, 0.25) is 0 Å². The van der Waals surface area contributed by atoms with Gasteiger partial charge in [0.1, 0.15) is 11.6 Å². The molecule has 0 spiro atoms. The van der Waals surface area contributed by atoms with Crippen molar-refractivity contribution in [1.29, 1.82) is 0 Å². The largest absolute Gasteiger partial charge is 0.306 e. The van der Waals surface area contributed by atoms with Crippen LogP contribution in [0.4, 0.5) is 10.2 Å². The molecule has 0 aliphatic rings. The first-order chi connectivity index (χ1) is 9.61. The lowest BCUT2D eigenvalue weighted by atomic mass is 10.2. The van der Waals surface area contributed by atoms with Gasteiger partial charge in [-0.25, -0.2) is 9.37 Å². The summed E-state index contributed by atoms with van der Waals surface area (Å²) in [6.45, 7) is 0. The van der Waals surface area contributed by atoms with Gasteiger partial charge in [-0.15, -0.1) is 11.3 Å². The third-order valence-corrected chi connectivity index (χ3v) is 4.26. The Morgan fingerprint density at radius 2 is 2.10 bits per heavy atom. The number of halogens is 2. The molecule has 1 amide bonds. The average molecular weight is 351 g/mol. The molecule has 0 bridgehead atoms. The number of amides is 1. The summed E-state index contributed by atoms with van der Waals surface area (Å²) >= 11 is 4.57. The number of nitrogens with zero attached hydrogens (tertiary/aromatic N) is 1. The first-order valence-electron chi connectivity index (χ1n) is 5.74. The van der Waals surface area contributed by atoms with Crippen LogP contribution in [0.3, 0.4) is 0 Å². The zero-order chi connectivity index (χ0) is 14.1. The van der Waals surface area contributed by atoms with E-state index in [-0.39, 0.29) is 11.7 Å². The average Bonchev–Trinajstić information content (AvgIpc) is 2.81. The molecule has 3 nitrogen and oxygen atoms in total. The number of nitrogens with one attached hydrogen (secondary N) is 1. The van der Waals surface area contributed by atoms with E-state index < -0.39 is 0 Å². The van der Waals surface area contributed by atoms with Crippen molar-refractivity contribution in [3.05, 3.63) is 57.8 Å². The molecule has 0 aliphatic heterocycles. The Bertz CT molecular complexity index is 803. The third-order valence-electron chi connectivity index (χ3n) is 2.67. The highest BCUT2D eigenvalue weighted by atomic mass is 79.9. The van der Waals surface area contributed by atoms with Crippen molar-refractivity contribution in [1.82, 2.24) is 4.98 Å². The summed E-state index contributed by atoms with van der Waals surface area (Å²) in [5.41, 5.74) is 0. The van der Waals surface area contributed by atoms with E-state index in [2.05, 4.69) is 26.2 Å². The number of hydrogen-bond acceptors (Lipinski definition) is 3. The number of benzene rings is 1. The summed E-state index contributed by atoms with van der Waals surface area (Å²) in [6, 6.07) is 9.70. The highest BCUT2D eigenvalue weighted by Crippen LogP contribution is 2.27. The zero-order valence-corrected chi connectivity index (χ0v) is 12.5. The second kappa shape index (κ2) is 5.30. The Morgan fingerprint density at radius 1 is 1.25 bits per heavy atom. The van der Waals surface area contributed by atoms with Crippen molar-refractivity contribution in [2.24, 2.45) is 0 Å². The van der Waals surface area contributed by atoms with Gasteiger partial charge in [-0.3, -0.25) is 4.79 Å². The molecule has 0 atom stereocenters. The fourth-order valence-corrected chi connectivity index (χ4v) is 3.09. The van der Waals surface area contributed by atoms with Gasteiger partial charge in [-0.2, -0.15) is 0 Å². The first-order valence-corrected chi connectivity index (χ1v) is 7.35. The van der Waals surface area contributed by atoms with Crippen LogP contribution in [0.15, 0.2) is 47.1 Å². The van der Waals surface area contributed by atoms with Crippen LogP contribution < -0.4 is 5.32 Å². The van der Waals surface area contributed by atoms with Gasteiger partial charge in [0, 0.05) is 15.4 Å². The number of thiophene rings is 1. The topological polar surface area (TPSA) is 42.0 Å². The number of fused-ring (bicyclic) bond motifs is 1. The minimum absolute atomic E-state index is 0.253. The van der Waals surface area contributed by atoms with Crippen LogP contribution in [-0.2, 0) is 0 Å². The van der Waals surface area contributed by atoms with E-state index in [1.807, 2.05) is 0 Å². The van der Waals surface area contributed by atoms with Gasteiger partial charge in [0.15, 0.2) is 0 Å². The monoisotopic (exact) mass is 350 g/mol. The van der Waals surface area contributed by atoms with Crippen molar-refractivity contribution in [2.45, 2.75) is 0 Å². The predicted molar refractivity (Wildman–Crippen MR) is 81.7 cm³/mol. The van der Waals surface area contributed by atoms with Crippen molar-refractivity contribution < 1.29 is 9.18 Å². The highest BCUT2D eigenvalue weighted by Gasteiger charge is 2.11. The van der Waals surface area contributed by atoms with Crippen LogP contribution in [0.1, 0.15) is 9.67 Å². The molecule has 0 unspecified atom stereocenters. The Hall–Kier alpha value is -1.79. The molecule has 6 heteroatoms. The minimum Gasteiger partial charge on any atom is -0.306 e. The lowest BCUT2D eigenvalue weighted by Crippen LogP contribution is -2.11. The SMILES string of the molecule is O=C(Nc1cc(Br)ccn1)c1cc2ccc(F)cc2s1. The lowest BCUT2D eigenvalue weighted by Gasteiger charge is -2.02. The Labute approximate surface area is 126 Å². The Balaban J connectivity index is 1.88. The lowest BCUT2D eigenvalue weighted by molar-refractivity contribution is 0.103. The molecule has 2 heterocycles. The van der Waals surface area contributed by atoms with Crippen LogP contribution in [0.25, 0.3) is 10.1 Å². The number of anilines is 1. The summed E-state index contributed by atoms with van der Waals surface area (Å²) < 4.78 is 14.7. The molecule has 100 valence electrons. The molecule has 0 radical (unpaired) electrons. The maximum atomic E-state index is 13.1. The molecule has 20 heavy (non-hydrogen) atoms. The van der Waals surface area contributed by atoms with Crippen molar-refractivity contribution in [2.75, 3.05) is 5.32 Å². The maximum Gasteiger partial charge on any atom is 0.266 e. The van der Waals surface area contributed by atoms with Gasteiger partial charge in [-0.1, -0.05) is 22.0 Å². The Morgan fingerprint density at radius 3 is 2.90 bits per heavy atom. The summed E-state index contributed by atoms with van der Waals surface area (Å²) in [6.07, 6.45) is 1.60. The van der Waals surface area contributed by atoms with Crippen LogP contribution in [0, 0.1) is 5.82 Å². The number of hydrogen-bond donors (Lipinski definition) is 1. The van der Waals surface area contributed by atoms with Crippen molar-refractivity contribution >= 4 is 49.1 Å². The van der Waals surface area contributed by atoms with Gasteiger partial charge in [0.05, 0.1) is 4.88 Å². The molecule has 0 fully saturated rings. The number of carbonyl (C=O) groups is 1. The van der Waals surface area contributed by atoms with Gasteiger partial charge < -0.3 is 5.32 Å². The molecule has 1 N–H and O–H groups in total. The van der Waals surface area contributed by atoms with E-state index in [9.17, 15) is 9.18 Å². The minimum atomic E-state index is -0.306. The van der Waals surface area contributed by atoms with E-state index in [1.54, 1.807) is 30.5 Å². The number of rotatable bonds is 2. The molecule has 3 rings (SSSR count). The molecule has 0 aliphatic carbocycles. The van der Waals surface area contributed by atoms with Crippen LogP contribution >= 0.6 is 27.3 Å². The standard InChI is InChI=1S/C14H8BrFN2OS/c15-9-3-4-17-13(6-9)18-14(19)12-5-8-1-2-10(16)7-11(8)20-12/h1-7H,(H,17,18,19). The van der Waals surface area contributed by atoms with Gasteiger partial charge in [-0.05, 0) is 35.7 Å². The van der Waals surface area contributed by atoms with Crippen LogP contribution in [-0.4, -0.2) is 10.9 Å². The molecule has 0 saturated heterocycles. The fraction of sp³-hybridized carbons (Fsp3) is 0. The zero-order valence-electron chi connectivity index (χ0n) is 10.1. The molecule has 2 aromatic heterocycles. The van der Waals surface area contributed by atoms with E-state index in [0.29, 0.717) is 10.7 Å². The van der Waals surface area contributed by atoms with Crippen molar-refractivity contribution in [3.63, 3.8) is 0 Å². The van der Waals surface area contributed by atoms with E-state index in [4.69, 9.17) is 0 Å². The number of carbonyl (C=O) groups excluding carboxylic acids is 1. The number of aromatic nitrogens is 1. The fourth-order valence-electron chi connectivity index (χ4n) is 1.77. The predicted octanol–water partition coefficient (Wildman–Crippen LogP) is 4.45. The molecular weight excluding hydrogens is 343 g/mol. The summed E-state index contributed by atoms with van der Waals surface area (Å²) in [5.74, 6) is -0.0924. The summed E-state index contributed by atoms with van der Waals surface area (Å²) in [5, 5.41) is 3.56. The first kappa shape index (κ1) is 13.2. The summed E-state index contributed by atoms with van der Waals surface area (Å²) in [4.78, 5) is 16.7. The highest BCUT2D eigenvalue weighted by molar-refractivity contribution is 9.10. The van der Waals surface area contributed by atoms with E-state index in [1.165, 1.54) is 23.5 Å². The summed E-state index contributed by atoms with van der Waals surface area (Å²) in [7, 11) is 0. The number of pyridine rings is 1. The van der Waals surface area contributed by atoms with Crippen LogP contribution in [0.5, 0.6) is 0 Å². The van der Waals surface area contributed by atoms with Gasteiger partial charge in [0.2, 0.25) is 0 Å². The molecule has 0 saturated carbocycles. The normalized spacial score (nSPS) is 10.7. The van der Waals surface area contributed by atoms with E-state index >= 15 is 0 Å². The van der Waals surface area contributed by atoms with E-state index in [0.717, 1.165) is 14.6 Å². The second-order valence-corrected chi connectivity index (χ2v) is 6.11.